The molecule has 0 spiro atoms. The molecule has 1 N–H and O–H groups in total. The number of hydrogen-bond donors (Lipinski definition) is 1. The molecule has 0 bridgehead atoms. The summed E-state index contributed by atoms with van der Waals surface area (Å²) >= 11 is 4.64. The Labute approximate surface area is 139 Å². The number of thioether (sulfide) groups is 1. The number of rotatable bonds is 3. The van der Waals surface area contributed by atoms with Gasteiger partial charge in [-0.25, -0.2) is 0 Å². The summed E-state index contributed by atoms with van der Waals surface area (Å²) in [6.45, 7) is 0. The lowest BCUT2D eigenvalue weighted by Gasteiger charge is -2.06. The number of hydrogen-bond acceptors (Lipinski definition) is 6. The van der Waals surface area contributed by atoms with Crippen LogP contribution in [0, 0.1) is 0 Å². The summed E-state index contributed by atoms with van der Waals surface area (Å²) in [7, 11) is 0. The lowest BCUT2D eigenvalue weighted by atomic mass is 10.1. The van der Waals surface area contributed by atoms with E-state index in [-0.39, 0.29) is 11.2 Å². The maximum Gasteiger partial charge on any atom is 0.240 e. The first-order valence-corrected chi connectivity index (χ1v) is 9.35. The average Bonchev–Trinajstić information content (AvgIpc) is 3.26. The highest BCUT2D eigenvalue weighted by Gasteiger charge is 2.28. The third-order valence-electron chi connectivity index (χ3n) is 3.36. The fourth-order valence-electron chi connectivity index (χ4n) is 2.29. The quantitative estimate of drug-likeness (QED) is 0.782. The number of benzene rings is 1. The molecule has 7 heteroatoms. The zero-order valence-electron chi connectivity index (χ0n) is 11.4. The maximum atomic E-state index is 12.4. The molecule has 3 heterocycles. The first-order chi connectivity index (χ1) is 10.8. The van der Waals surface area contributed by atoms with Crippen molar-refractivity contribution in [3.63, 3.8) is 0 Å². The van der Waals surface area contributed by atoms with Gasteiger partial charge < -0.3 is 0 Å². The minimum Gasteiger partial charge on any atom is -0.300 e. The maximum absolute atomic E-state index is 12.4. The highest BCUT2D eigenvalue weighted by molar-refractivity contribution is 8.01. The first-order valence-electron chi connectivity index (χ1n) is 6.71. The molecule has 0 saturated heterocycles. The summed E-state index contributed by atoms with van der Waals surface area (Å²) in [5, 5.41) is 16.4. The third kappa shape index (κ3) is 2.67. The zero-order valence-corrected chi connectivity index (χ0v) is 13.8. The van der Waals surface area contributed by atoms with E-state index in [1.807, 2.05) is 29.0 Å². The Kier molecular flexibility index (Phi) is 3.69. The number of anilines is 1. The van der Waals surface area contributed by atoms with Gasteiger partial charge in [0, 0.05) is 15.8 Å². The van der Waals surface area contributed by atoms with Crippen LogP contribution >= 0.6 is 34.4 Å². The van der Waals surface area contributed by atoms with Crippen molar-refractivity contribution in [3.8, 4) is 10.6 Å². The Hall–Kier alpha value is -1.70. The van der Waals surface area contributed by atoms with Crippen molar-refractivity contribution < 1.29 is 4.79 Å². The summed E-state index contributed by atoms with van der Waals surface area (Å²) in [5.74, 6) is -0.00535. The summed E-state index contributed by atoms with van der Waals surface area (Å²) < 4.78 is 0. The highest BCUT2D eigenvalue weighted by atomic mass is 32.2. The summed E-state index contributed by atoms with van der Waals surface area (Å²) in [4.78, 5) is 13.6. The second kappa shape index (κ2) is 5.83. The molecule has 0 fully saturated rings. The average molecular weight is 345 g/mol. The van der Waals surface area contributed by atoms with Gasteiger partial charge in [-0.15, -0.1) is 22.0 Å². The predicted molar refractivity (Wildman–Crippen MR) is 91.6 cm³/mol. The Morgan fingerprint density at radius 1 is 1.23 bits per heavy atom. The Bertz CT molecular complexity index is 788. The number of carbonyl (C=O) groups is 1. The zero-order chi connectivity index (χ0) is 14.9. The fraction of sp³-hybridized carbons (Fsp3) is 0.133. The van der Waals surface area contributed by atoms with Crippen LogP contribution in [0.2, 0.25) is 0 Å². The van der Waals surface area contributed by atoms with Crippen LogP contribution in [0.3, 0.4) is 0 Å². The van der Waals surface area contributed by atoms with E-state index < -0.39 is 0 Å². The number of aromatic nitrogens is 2. The van der Waals surface area contributed by atoms with Gasteiger partial charge in [-0.05, 0) is 29.5 Å². The minimum atomic E-state index is -0.0918. The van der Waals surface area contributed by atoms with E-state index in [1.165, 1.54) is 21.8 Å². The normalized spacial score (nSPS) is 16.5. The Balaban J connectivity index is 1.45. The van der Waals surface area contributed by atoms with Crippen molar-refractivity contribution in [2.45, 2.75) is 16.6 Å². The van der Waals surface area contributed by atoms with E-state index in [2.05, 4.69) is 27.6 Å². The molecular formula is C15H11N3OS3. The van der Waals surface area contributed by atoms with Crippen LogP contribution in [0.25, 0.3) is 10.6 Å². The summed E-state index contributed by atoms with van der Waals surface area (Å²) in [5.41, 5.74) is 2.29. The molecular weight excluding hydrogens is 334 g/mol. The molecule has 4 nitrogen and oxygen atoms in total. The SMILES string of the molecule is O=C(Nc1nnc(-c2ccsc2)s1)[C@H]1Cc2ccccc2S1. The smallest absolute Gasteiger partial charge is 0.240 e. The first kappa shape index (κ1) is 13.9. The second-order valence-electron chi connectivity index (χ2n) is 4.83. The van der Waals surface area contributed by atoms with Gasteiger partial charge in [-0.1, -0.05) is 29.5 Å². The topological polar surface area (TPSA) is 54.9 Å². The molecule has 0 aliphatic carbocycles. The number of nitrogens with zero attached hydrogens (tertiary/aromatic N) is 2. The van der Waals surface area contributed by atoms with Crippen molar-refractivity contribution >= 4 is 45.5 Å². The van der Waals surface area contributed by atoms with E-state index in [4.69, 9.17) is 0 Å². The predicted octanol–water partition coefficient (Wildman–Crippen LogP) is 3.92. The molecule has 0 radical (unpaired) electrons. The Morgan fingerprint density at radius 3 is 2.95 bits per heavy atom. The van der Waals surface area contributed by atoms with Gasteiger partial charge in [0.25, 0.3) is 0 Å². The molecule has 1 aliphatic heterocycles. The number of fused-ring (bicyclic) bond motifs is 1. The molecule has 1 aromatic carbocycles. The number of nitrogens with one attached hydrogen (secondary N) is 1. The number of carbonyl (C=O) groups excluding carboxylic acids is 1. The van der Waals surface area contributed by atoms with Gasteiger partial charge in [-0.3, -0.25) is 10.1 Å². The van der Waals surface area contributed by atoms with E-state index >= 15 is 0 Å². The molecule has 3 aromatic rings. The summed E-state index contributed by atoms with van der Waals surface area (Å²) in [6.07, 6.45) is 0.767. The molecule has 110 valence electrons. The van der Waals surface area contributed by atoms with E-state index in [0.29, 0.717) is 5.13 Å². The second-order valence-corrected chi connectivity index (χ2v) is 7.83. The van der Waals surface area contributed by atoms with Gasteiger partial charge in [0.2, 0.25) is 11.0 Å². The van der Waals surface area contributed by atoms with Gasteiger partial charge in [0.15, 0.2) is 0 Å². The van der Waals surface area contributed by atoms with E-state index in [1.54, 1.807) is 23.1 Å². The van der Waals surface area contributed by atoms with Crippen LogP contribution in [0.15, 0.2) is 46.0 Å². The van der Waals surface area contributed by atoms with E-state index in [0.717, 1.165) is 17.0 Å². The minimum absolute atomic E-state index is 0.00535. The lowest BCUT2D eigenvalue weighted by molar-refractivity contribution is -0.115. The van der Waals surface area contributed by atoms with Crippen LogP contribution in [-0.2, 0) is 11.2 Å². The van der Waals surface area contributed by atoms with Crippen LogP contribution in [-0.4, -0.2) is 21.4 Å². The van der Waals surface area contributed by atoms with Crippen LogP contribution in [0.5, 0.6) is 0 Å². The van der Waals surface area contributed by atoms with Crippen molar-refractivity contribution in [1.82, 2.24) is 10.2 Å². The van der Waals surface area contributed by atoms with Crippen molar-refractivity contribution in [2.75, 3.05) is 5.32 Å². The molecule has 0 unspecified atom stereocenters. The van der Waals surface area contributed by atoms with Gasteiger partial charge in [0.1, 0.15) is 5.01 Å². The van der Waals surface area contributed by atoms with Gasteiger partial charge in [0.05, 0.1) is 5.25 Å². The van der Waals surface area contributed by atoms with Crippen LogP contribution in [0.1, 0.15) is 5.56 Å². The number of amides is 1. The summed E-state index contributed by atoms with van der Waals surface area (Å²) in [6, 6.07) is 10.2. The van der Waals surface area contributed by atoms with Crippen molar-refractivity contribution in [1.29, 1.82) is 0 Å². The fourth-order valence-corrected chi connectivity index (χ4v) is 4.94. The largest absolute Gasteiger partial charge is 0.300 e. The van der Waals surface area contributed by atoms with Crippen molar-refractivity contribution in [2.24, 2.45) is 0 Å². The van der Waals surface area contributed by atoms with Crippen LogP contribution in [0.4, 0.5) is 5.13 Å². The van der Waals surface area contributed by atoms with Gasteiger partial charge in [-0.2, -0.15) is 11.3 Å². The Morgan fingerprint density at radius 2 is 2.14 bits per heavy atom. The molecule has 22 heavy (non-hydrogen) atoms. The van der Waals surface area contributed by atoms with E-state index in [9.17, 15) is 4.79 Å². The monoisotopic (exact) mass is 345 g/mol. The molecule has 1 aliphatic rings. The third-order valence-corrected chi connectivity index (χ3v) is 6.25. The molecule has 0 saturated carbocycles. The number of thiophene rings is 1. The molecule has 2 aromatic heterocycles. The lowest BCUT2D eigenvalue weighted by Crippen LogP contribution is -2.24. The molecule has 1 amide bonds. The molecule has 1 atom stereocenters. The van der Waals surface area contributed by atoms with Crippen molar-refractivity contribution in [3.05, 3.63) is 46.7 Å². The van der Waals surface area contributed by atoms with Crippen LogP contribution < -0.4 is 5.32 Å². The highest BCUT2D eigenvalue weighted by Crippen LogP contribution is 2.37. The molecule has 4 rings (SSSR count). The standard InChI is InChI=1S/C15H11N3OS3/c19-13(12-7-9-3-1-2-4-11(9)21-12)16-15-18-17-14(22-15)10-5-6-20-8-10/h1-6,8,12H,7H2,(H,16,18,19)/t12-/m1/s1. The van der Waals surface area contributed by atoms with Gasteiger partial charge >= 0.3 is 0 Å².